The zero-order valence-electron chi connectivity index (χ0n) is 10.5. The number of hydrogen-bond acceptors (Lipinski definition) is 2. The molecule has 3 nitrogen and oxygen atoms in total. The van der Waals surface area contributed by atoms with Gasteiger partial charge in [-0.05, 0) is 42.5 Å². The number of amides is 1. The second-order valence-corrected chi connectivity index (χ2v) is 4.96. The predicted molar refractivity (Wildman–Crippen MR) is 74.9 cm³/mol. The molecule has 0 spiro atoms. The van der Waals surface area contributed by atoms with E-state index in [1.165, 1.54) is 0 Å². The fraction of sp³-hybridized carbons (Fsp3) is 0.214. The number of carbonyl (C=O) groups excluding carboxylic acids is 1. The summed E-state index contributed by atoms with van der Waals surface area (Å²) in [6.07, 6.45) is 5.73. The highest BCUT2D eigenvalue weighted by Gasteiger charge is 2.09. The van der Waals surface area contributed by atoms with Crippen molar-refractivity contribution in [2.24, 2.45) is 0 Å². The van der Waals surface area contributed by atoms with E-state index in [2.05, 4.69) is 10.3 Å². The van der Waals surface area contributed by atoms with Crippen LogP contribution in [0.15, 0.2) is 41.6 Å². The first-order chi connectivity index (χ1) is 8.70. The average Bonchev–Trinajstić information content (AvgIpc) is 2.89. The average molecular weight is 260 g/mol. The minimum atomic E-state index is -0.0235. The summed E-state index contributed by atoms with van der Waals surface area (Å²) >= 11 is 1.64. The summed E-state index contributed by atoms with van der Waals surface area (Å²) in [6, 6.07) is 7.90. The van der Waals surface area contributed by atoms with Crippen LogP contribution in [0.25, 0.3) is 0 Å². The largest absolute Gasteiger partial charge is 0.367 e. The normalized spacial score (nSPS) is 10.3. The fourth-order valence-electron chi connectivity index (χ4n) is 1.72. The molecule has 94 valence electrons. The molecular formula is C14H16N2OS. The van der Waals surface area contributed by atoms with E-state index in [0.717, 1.165) is 21.6 Å². The van der Waals surface area contributed by atoms with Crippen molar-refractivity contribution in [1.82, 2.24) is 10.3 Å². The number of H-pyrrole nitrogens is 1. The van der Waals surface area contributed by atoms with Gasteiger partial charge in [0, 0.05) is 29.4 Å². The van der Waals surface area contributed by atoms with Crippen molar-refractivity contribution in [3.8, 4) is 0 Å². The van der Waals surface area contributed by atoms with Crippen molar-refractivity contribution in [1.29, 1.82) is 0 Å². The van der Waals surface area contributed by atoms with Crippen LogP contribution in [0.4, 0.5) is 0 Å². The van der Waals surface area contributed by atoms with Gasteiger partial charge >= 0.3 is 0 Å². The predicted octanol–water partition coefficient (Wildman–Crippen LogP) is 2.98. The fourth-order valence-corrected chi connectivity index (χ4v) is 2.16. The molecule has 0 bridgehead atoms. The number of benzene rings is 1. The third-order valence-electron chi connectivity index (χ3n) is 2.80. The highest BCUT2D eigenvalue weighted by atomic mass is 32.2. The lowest BCUT2D eigenvalue weighted by atomic mass is 10.1. The molecule has 18 heavy (non-hydrogen) atoms. The molecule has 0 radical (unpaired) electrons. The molecule has 4 heteroatoms. The number of carbonyl (C=O) groups is 1. The van der Waals surface area contributed by atoms with Gasteiger partial charge < -0.3 is 10.3 Å². The van der Waals surface area contributed by atoms with E-state index in [1.807, 2.05) is 49.8 Å². The third-order valence-corrected chi connectivity index (χ3v) is 3.53. The quantitative estimate of drug-likeness (QED) is 0.830. The van der Waals surface area contributed by atoms with Crippen molar-refractivity contribution in [3.63, 3.8) is 0 Å². The molecule has 0 unspecified atom stereocenters. The van der Waals surface area contributed by atoms with Crippen molar-refractivity contribution in [2.45, 2.75) is 18.4 Å². The van der Waals surface area contributed by atoms with E-state index >= 15 is 0 Å². The van der Waals surface area contributed by atoms with E-state index in [4.69, 9.17) is 0 Å². The Kier molecular flexibility index (Phi) is 4.10. The second kappa shape index (κ2) is 5.78. The summed E-state index contributed by atoms with van der Waals surface area (Å²) in [5.74, 6) is -0.0235. The SMILES string of the molecule is CSc1ccc(C)c(C(=O)NCc2cc[nH]c2)c1. The van der Waals surface area contributed by atoms with Gasteiger partial charge in [-0.1, -0.05) is 6.07 Å². The topological polar surface area (TPSA) is 44.9 Å². The van der Waals surface area contributed by atoms with Crippen LogP contribution in [0.3, 0.4) is 0 Å². The highest BCUT2D eigenvalue weighted by Crippen LogP contribution is 2.19. The van der Waals surface area contributed by atoms with Crippen LogP contribution >= 0.6 is 11.8 Å². The van der Waals surface area contributed by atoms with Gasteiger partial charge in [0.25, 0.3) is 5.91 Å². The summed E-state index contributed by atoms with van der Waals surface area (Å²) in [7, 11) is 0. The zero-order valence-corrected chi connectivity index (χ0v) is 11.3. The van der Waals surface area contributed by atoms with Gasteiger partial charge in [0.05, 0.1) is 0 Å². The number of nitrogens with one attached hydrogen (secondary N) is 2. The molecule has 0 atom stereocenters. The smallest absolute Gasteiger partial charge is 0.251 e. The van der Waals surface area contributed by atoms with Crippen molar-refractivity contribution < 1.29 is 4.79 Å². The van der Waals surface area contributed by atoms with Gasteiger partial charge in [-0.15, -0.1) is 11.8 Å². The molecule has 2 aromatic rings. The molecule has 0 fully saturated rings. The Morgan fingerprint density at radius 1 is 1.39 bits per heavy atom. The Hall–Kier alpha value is -1.68. The molecule has 0 saturated heterocycles. The standard InChI is InChI=1S/C14H16N2OS/c1-10-3-4-12(18-2)7-13(10)14(17)16-9-11-5-6-15-8-11/h3-8,15H,9H2,1-2H3,(H,16,17). The Morgan fingerprint density at radius 3 is 2.89 bits per heavy atom. The first-order valence-corrected chi connectivity index (χ1v) is 6.97. The number of aromatic nitrogens is 1. The minimum absolute atomic E-state index is 0.0235. The summed E-state index contributed by atoms with van der Waals surface area (Å²) in [6.45, 7) is 2.50. The van der Waals surface area contributed by atoms with E-state index < -0.39 is 0 Å². The highest BCUT2D eigenvalue weighted by molar-refractivity contribution is 7.98. The molecule has 0 aliphatic heterocycles. The lowest BCUT2D eigenvalue weighted by Gasteiger charge is -2.08. The van der Waals surface area contributed by atoms with Crippen LogP contribution in [0.1, 0.15) is 21.5 Å². The second-order valence-electron chi connectivity index (χ2n) is 4.08. The zero-order chi connectivity index (χ0) is 13.0. The number of hydrogen-bond donors (Lipinski definition) is 2. The molecule has 0 saturated carbocycles. The van der Waals surface area contributed by atoms with Crippen LogP contribution < -0.4 is 5.32 Å². The number of aryl methyl sites for hydroxylation is 1. The van der Waals surface area contributed by atoms with Crippen molar-refractivity contribution in [3.05, 3.63) is 53.3 Å². The minimum Gasteiger partial charge on any atom is -0.367 e. The molecular weight excluding hydrogens is 244 g/mol. The van der Waals surface area contributed by atoms with Gasteiger partial charge in [0.2, 0.25) is 0 Å². The Labute approximate surface area is 111 Å². The molecule has 1 aromatic heterocycles. The lowest BCUT2D eigenvalue weighted by Crippen LogP contribution is -2.23. The molecule has 2 N–H and O–H groups in total. The van der Waals surface area contributed by atoms with Crippen molar-refractivity contribution >= 4 is 17.7 Å². The summed E-state index contributed by atoms with van der Waals surface area (Å²) in [4.78, 5) is 16.2. The van der Waals surface area contributed by atoms with Gasteiger partial charge in [0.1, 0.15) is 0 Å². The van der Waals surface area contributed by atoms with E-state index in [9.17, 15) is 4.79 Å². The van der Waals surface area contributed by atoms with Gasteiger partial charge in [-0.3, -0.25) is 4.79 Å². The lowest BCUT2D eigenvalue weighted by molar-refractivity contribution is 0.0950. The Balaban J connectivity index is 2.08. The van der Waals surface area contributed by atoms with E-state index in [-0.39, 0.29) is 5.91 Å². The van der Waals surface area contributed by atoms with Gasteiger partial charge in [0.15, 0.2) is 0 Å². The molecule has 1 amide bonds. The summed E-state index contributed by atoms with van der Waals surface area (Å²) < 4.78 is 0. The Bertz CT molecular complexity index is 535. The van der Waals surface area contributed by atoms with Gasteiger partial charge in [-0.25, -0.2) is 0 Å². The van der Waals surface area contributed by atoms with E-state index in [1.54, 1.807) is 11.8 Å². The molecule has 2 rings (SSSR count). The van der Waals surface area contributed by atoms with Crippen LogP contribution in [0.5, 0.6) is 0 Å². The van der Waals surface area contributed by atoms with Crippen LogP contribution in [-0.4, -0.2) is 17.1 Å². The number of rotatable bonds is 4. The maximum Gasteiger partial charge on any atom is 0.251 e. The van der Waals surface area contributed by atoms with Crippen LogP contribution in [0.2, 0.25) is 0 Å². The summed E-state index contributed by atoms with van der Waals surface area (Å²) in [5.41, 5.74) is 2.82. The maximum absolute atomic E-state index is 12.1. The molecule has 0 aliphatic rings. The maximum atomic E-state index is 12.1. The Morgan fingerprint density at radius 2 is 2.22 bits per heavy atom. The third kappa shape index (κ3) is 2.96. The first kappa shape index (κ1) is 12.8. The number of aromatic amines is 1. The van der Waals surface area contributed by atoms with Gasteiger partial charge in [-0.2, -0.15) is 0 Å². The van der Waals surface area contributed by atoms with E-state index in [0.29, 0.717) is 6.54 Å². The summed E-state index contributed by atoms with van der Waals surface area (Å²) in [5, 5.41) is 2.93. The monoisotopic (exact) mass is 260 g/mol. The van der Waals surface area contributed by atoms with Crippen molar-refractivity contribution in [2.75, 3.05) is 6.26 Å². The number of thioether (sulfide) groups is 1. The van der Waals surface area contributed by atoms with Crippen LogP contribution in [-0.2, 0) is 6.54 Å². The molecule has 1 aromatic carbocycles. The molecule has 1 heterocycles. The molecule has 0 aliphatic carbocycles. The van der Waals surface area contributed by atoms with Crippen LogP contribution in [0, 0.1) is 6.92 Å². The first-order valence-electron chi connectivity index (χ1n) is 5.75.